The summed E-state index contributed by atoms with van der Waals surface area (Å²) in [5.41, 5.74) is 5.38. The Hall–Kier alpha value is -2.76. The number of halogens is 1. The number of hydrogen-bond donors (Lipinski definition) is 1. The number of carbonyl (C=O) groups excluding carboxylic acids is 1. The zero-order valence-corrected chi connectivity index (χ0v) is 18.5. The summed E-state index contributed by atoms with van der Waals surface area (Å²) in [4.78, 5) is 23.9. The van der Waals surface area contributed by atoms with E-state index in [0.717, 1.165) is 47.9 Å². The molecule has 1 aromatic carbocycles. The van der Waals surface area contributed by atoms with Crippen molar-refractivity contribution in [2.45, 2.75) is 38.8 Å². The van der Waals surface area contributed by atoms with E-state index < -0.39 is 0 Å². The fourth-order valence-corrected chi connectivity index (χ4v) is 4.29. The van der Waals surface area contributed by atoms with E-state index in [1.807, 2.05) is 37.3 Å². The molecule has 0 radical (unpaired) electrons. The monoisotopic (exact) mass is 434 g/mol. The number of aryl methyl sites for hydroxylation is 1. The summed E-state index contributed by atoms with van der Waals surface area (Å²) in [5, 5.41) is 3.73. The van der Waals surface area contributed by atoms with Crippen LogP contribution in [0.15, 0.2) is 60.8 Å². The molecular weight excluding hydrogens is 408 g/mol. The third kappa shape index (κ3) is 5.90. The SMILES string of the molecule is Cc1cc(Cc2ccc(Cl)cc2)cc([C@H]2CCCN2CC(=O)NCc2ccccn2)n1. The number of nitrogens with one attached hydrogen (secondary N) is 1. The van der Waals surface area contributed by atoms with Crippen LogP contribution in [0, 0.1) is 6.92 Å². The number of rotatable bonds is 7. The van der Waals surface area contributed by atoms with Crippen molar-refractivity contribution in [3.63, 3.8) is 0 Å². The van der Waals surface area contributed by atoms with Crippen LogP contribution in [0.3, 0.4) is 0 Å². The second kappa shape index (κ2) is 10.0. The number of aromatic nitrogens is 2. The molecule has 1 aliphatic heterocycles. The third-order valence-electron chi connectivity index (χ3n) is 5.60. The van der Waals surface area contributed by atoms with Gasteiger partial charge in [0.15, 0.2) is 0 Å². The van der Waals surface area contributed by atoms with Gasteiger partial charge in [-0.25, -0.2) is 0 Å². The number of benzene rings is 1. The molecule has 3 heterocycles. The molecule has 0 saturated carbocycles. The Morgan fingerprint density at radius 3 is 2.77 bits per heavy atom. The van der Waals surface area contributed by atoms with Crippen LogP contribution in [0.25, 0.3) is 0 Å². The summed E-state index contributed by atoms with van der Waals surface area (Å²) < 4.78 is 0. The molecule has 6 heteroatoms. The predicted octanol–water partition coefficient (Wildman–Crippen LogP) is 4.48. The van der Waals surface area contributed by atoms with Crippen LogP contribution in [-0.2, 0) is 17.8 Å². The van der Waals surface area contributed by atoms with E-state index in [2.05, 4.69) is 39.5 Å². The molecule has 0 bridgehead atoms. The maximum absolute atomic E-state index is 12.5. The van der Waals surface area contributed by atoms with Crippen molar-refractivity contribution in [3.05, 3.63) is 94.0 Å². The number of nitrogens with zero attached hydrogens (tertiary/aromatic N) is 3. The van der Waals surface area contributed by atoms with E-state index in [1.165, 1.54) is 11.1 Å². The van der Waals surface area contributed by atoms with Crippen LogP contribution >= 0.6 is 11.6 Å². The number of pyridine rings is 2. The van der Waals surface area contributed by atoms with Gasteiger partial charge < -0.3 is 5.32 Å². The lowest BCUT2D eigenvalue weighted by Crippen LogP contribution is -2.37. The average Bonchev–Trinajstić information content (AvgIpc) is 3.22. The topological polar surface area (TPSA) is 58.1 Å². The molecule has 1 N–H and O–H groups in total. The van der Waals surface area contributed by atoms with Gasteiger partial charge in [-0.05, 0) is 80.3 Å². The molecule has 5 nitrogen and oxygen atoms in total. The van der Waals surface area contributed by atoms with Crippen LogP contribution < -0.4 is 5.32 Å². The zero-order chi connectivity index (χ0) is 21.6. The second-order valence-electron chi connectivity index (χ2n) is 8.07. The van der Waals surface area contributed by atoms with Crippen molar-refractivity contribution in [1.29, 1.82) is 0 Å². The lowest BCUT2D eigenvalue weighted by Gasteiger charge is -2.24. The van der Waals surface area contributed by atoms with Gasteiger partial charge in [-0.15, -0.1) is 0 Å². The van der Waals surface area contributed by atoms with E-state index in [-0.39, 0.29) is 11.9 Å². The zero-order valence-electron chi connectivity index (χ0n) is 17.7. The van der Waals surface area contributed by atoms with E-state index >= 15 is 0 Å². The Labute approximate surface area is 188 Å². The van der Waals surface area contributed by atoms with Gasteiger partial charge in [0.2, 0.25) is 5.91 Å². The van der Waals surface area contributed by atoms with Crippen molar-refractivity contribution in [1.82, 2.24) is 20.2 Å². The highest BCUT2D eigenvalue weighted by molar-refractivity contribution is 6.30. The summed E-state index contributed by atoms with van der Waals surface area (Å²) in [6.07, 6.45) is 4.67. The van der Waals surface area contributed by atoms with Gasteiger partial charge in [0.05, 0.1) is 30.5 Å². The van der Waals surface area contributed by atoms with Gasteiger partial charge in [-0.3, -0.25) is 19.7 Å². The quantitative estimate of drug-likeness (QED) is 0.595. The van der Waals surface area contributed by atoms with Crippen LogP contribution in [0.4, 0.5) is 0 Å². The second-order valence-corrected chi connectivity index (χ2v) is 8.51. The highest BCUT2D eigenvalue weighted by Gasteiger charge is 2.29. The van der Waals surface area contributed by atoms with Crippen LogP contribution in [0.1, 0.15) is 47.1 Å². The van der Waals surface area contributed by atoms with Crippen molar-refractivity contribution in [2.75, 3.05) is 13.1 Å². The normalized spacial score (nSPS) is 16.4. The van der Waals surface area contributed by atoms with Gasteiger partial charge in [0.1, 0.15) is 0 Å². The molecule has 1 aliphatic rings. The average molecular weight is 435 g/mol. The van der Waals surface area contributed by atoms with E-state index in [0.29, 0.717) is 13.1 Å². The minimum Gasteiger partial charge on any atom is -0.349 e. The fraction of sp³-hybridized carbons (Fsp3) is 0.320. The van der Waals surface area contributed by atoms with E-state index in [1.54, 1.807) is 6.20 Å². The first-order valence-electron chi connectivity index (χ1n) is 10.7. The Bertz CT molecular complexity index is 1020. The molecule has 0 spiro atoms. The van der Waals surface area contributed by atoms with Crippen molar-refractivity contribution >= 4 is 17.5 Å². The molecule has 3 aromatic rings. The summed E-state index contributed by atoms with van der Waals surface area (Å²) in [7, 11) is 0. The van der Waals surface area contributed by atoms with Gasteiger partial charge >= 0.3 is 0 Å². The molecule has 2 aromatic heterocycles. The molecule has 4 rings (SSSR count). The molecule has 0 unspecified atom stereocenters. The minimum atomic E-state index is 0.0200. The fourth-order valence-electron chi connectivity index (χ4n) is 4.16. The minimum absolute atomic E-state index is 0.0200. The first-order valence-corrected chi connectivity index (χ1v) is 11.1. The standard InChI is InChI=1S/C25H27ClN4O/c1-18-13-20(14-19-7-9-21(26)10-8-19)15-23(29-18)24-6-4-12-30(24)17-25(31)28-16-22-5-2-3-11-27-22/h2-3,5,7-11,13,15,24H,4,6,12,14,16-17H2,1H3,(H,28,31)/t24-/m1/s1. The highest BCUT2D eigenvalue weighted by atomic mass is 35.5. The van der Waals surface area contributed by atoms with Crippen LogP contribution in [0.2, 0.25) is 5.02 Å². The van der Waals surface area contributed by atoms with Crippen molar-refractivity contribution in [3.8, 4) is 0 Å². The maximum Gasteiger partial charge on any atom is 0.234 e. The smallest absolute Gasteiger partial charge is 0.234 e. The van der Waals surface area contributed by atoms with Gasteiger partial charge in [-0.2, -0.15) is 0 Å². The number of amides is 1. The molecule has 31 heavy (non-hydrogen) atoms. The summed E-state index contributed by atoms with van der Waals surface area (Å²) in [6, 6.07) is 18.2. The summed E-state index contributed by atoms with van der Waals surface area (Å²) in [5.74, 6) is 0.0200. The number of likely N-dealkylation sites (tertiary alicyclic amines) is 1. The predicted molar refractivity (Wildman–Crippen MR) is 123 cm³/mol. The molecule has 1 saturated heterocycles. The summed E-state index contributed by atoms with van der Waals surface area (Å²) in [6.45, 7) is 3.77. The Balaban J connectivity index is 1.42. The first kappa shape index (κ1) is 21.5. The molecule has 1 atom stereocenters. The highest BCUT2D eigenvalue weighted by Crippen LogP contribution is 2.31. The lowest BCUT2D eigenvalue weighted by atomic mass is 10.0. The lowest BCUT2D eigenvalue weighted by molar-refractivity contribution is -0.122. The molecule has 0 aliphatic carbocycles. The Morgan fingerprint density at radius 1 is 1.16 bits per heavy atom. The summed E-state index contributed by atoms with van der Waals surface area (Å²) >= 11 is 6.01. The maximum atomic E-state index is 12.5. The molecule has 1 amide bonds. The van der Waals surface area contributed by atoms with Gasteiger partial charge in [0, 0.05) is 16.9 Å². The first-order chi connectivity index (χ1) is 15.1. The largest absolute Gasteiger partial charge is 0.349 e. The Morgan fingerprint density at radius 2 is 2.00 bits per heavy atom. The van der Waals surface area contributed by atoms with E-state index in [9.17, 15) is 4.79 Å². The van der Waals surface area contributed by atoms with Crippen molar-refractivity contribution < 1.29 is 4.79 Å². The third-order valence-corrected chi connectivity index (χ3v) is 5.85. The van der Waals surface area contributed by atoms with Gasteiger partial charge in [-0.1, -0.05) is 29.8 Å². The molecule has 160 valence electrons. The van der Waals surface area contributed by atoms with E-state index in [4.69, 9.17) is 16.6 Å². The Kier molecular flexibility index (Phi) is 6.95. The van der Waals surface area contributed by atoms with Gasteiger partial charge in [0.25, 0.3) is 0 Å². The number of carbonyl (C=O) groups is 1. The molecular formula is C25H27ClN4O. The number of hydrogen-bond acceptors (Lipinski definition) is 4. The molecule has 1 fully saturated rings. The van der Waals surface area contributed by atoms with Crippen molar-refractivity contribution in [2.24, 2.45) is 0 Å². The van der Waals surface area contributed by atoms with Crippen LogP contribution in [0.5, 0.6) is 0 Å². The van der Waals surface area contributed by atoms with Crippen LogP contribution in [-0.4, -0.2) is 33.9 Å².